The maximum atomic E-state index is 12.9. The molecule has 0 N–H and O–H groups in total. The fourth-order valence-electron chi connectivity index (χ4n) is 4.41. The minimum Gasteiger partial charge on any atom is -0.291 e. The van der Waals surface area contributed by atoms with Crippen LogP contribution in [-0.2, 0) is 16.1 Å². The zero-order valence-electron chi connectivity index (χ0n) is 16.2. The Balaban J connectivity index is 1.23. The topological polar surface area (TPSA) is 53.5 Å². The van der Waals surface area contributed by atoms with Crippen LogP contribution >= 0.6 is 11.3 Å². The molecule has 0 radical (unpaired) electrons. The van der Waals surface area contributed by atoms with E-state index in [0.717, 1.165) is 37.0 Å². The Kier molecular flexibility index (Phi) is 4.89. The number of nitrogens with zero attached hydrogens (tertiary/aromatic N) is 3. The zero-order valence-corrected chi connectivity index (χ0v) is 17.0. The third kappa shape index (κ3) is 3.58. The molecule has 5 nitrogen and oxygen atoms in total. The number of imide groups is 1. The number of fused-ring (bicyclic) bond motifs is 1. The Morgan fingerprint density at radius 2 is 1.69 bits per heavy atom. The van der Waals surface area contributed by atoms with E-state index in [1.54, 1.807) is 11.3 Å². The van der Waals surface area contributed by atoms with E-state index < -0.39 is 0 Å². The SMILES string of the molecule is O=C1C[C@H](N2CCC(c3nc4ccccc4s3)CC2)C(=O)N1Cc1ccccc1. The summed E-state index contributed by atoms with van der Waals surface area (Å²) in [5.74, 6) is 0.339. The number of hydrogen-bond acceptors (Lipinski definition) is 5. The van der Waals surface area contributed by atoms with Crippen LogP contribution in [-0.4, -0.2) is 45.7 Å². The first-order valence-corrected chi connectivity index (χ1v) is 11.0. The van der Waals surface area contributed by atoms with Gasteiger partial charge in [-0.25, -0.2) is 4.98 Å². The number of hydrogen-bond donors (Lipinski definition) is 0. The van der Waals surface area contributed by atoms with Gasteiger partial charge in [-0.05, 0) is 43.6 Å². The number of likely N-dealkylation sites (tertiary alicyclic amines) is 2. The first-order valence-electron chi connectivity index (χ1n) is 10.2. The van der Waals surface area contributed by atoms with Gasteiger partial charge in [0, 0.05) is 5.92 Å². The average Bonchev–Trinajstić information content (AvgIpc) is 3.31. The molecule has 1 aromatic heterocycles. The van der Waals surface area contributed by atoms with E-state index in [9.17, 15) is 9.59 Å². The molecule has 2 amide bonds. The molecular weight excluding hydrogens is 382 g/mol. The molecule has 0 unspecified atom stereocenters. The third-order valence-electron chi connectivity index (χ3n) is 6.03. The van der Waals surface area contributed by atoms with Gasteiger partial charge in [0.05, 0.1) is 34.2 Å². The highest BCUT2D eigenvalue weighted by atomic mass is 32.1. The van der Waals surface area contributed by atoms with E-state index in [-0.39, 0.29) is 17.9 Å². The Morgan fingerprint density at radius 3 is 2.45 bits per heavy atom. The van der Waals surface area contributed by atoms with Gasteiger partial charge in [0.25, 0.3) is 0 Å². The van der Waals surface area contributed by atoms with Crippen molar-refractivity contribution in [2.45, 2.75) is 37.8 Å². The number of piperidine rings is 1. The fraction of sp³-hybridized carbons (Fsp3) is 0.348. The highest BCUT2D eigenvalue weighted by Crippen LogP contribution is 2.35. The molecule has 5 rings (SSSR count). The molecule has 0 spiro atoms. The number of carbonyl (C=O) groups is 2. The molecule has 29 heavy (non-hydrogen) atoms. The summed E-state index contributed by atoms with van der Waals surface area (Å²) < 4.78 is 1.23. The first-order chi connectivity index (χ1) is 14.2. The van der Waals surface area contributed by atoms with E-state index in [1.165, 1.54) is 14.6 Å². The van der Waals surface area contributed by atoms with E-state index in [1.807, 2.05) is 36.4 Å². The molecular formula is C23H23N3O2S. The predicted octanol–water partition coefficient (Wildman–Crippen LogP) is 3.80. The van der Waals surface area contributed by atoms with Crippen molar-refractivity contribution in [3.05, 3.63) is 65.2 Å². The molecule has 0 aliphatic carbocycles. The highest BCUT2D eigenvalue weighted by Gasteiger charge is 2.42. The normalized spacial score (nSPS) is 21.4. The maximum Gasteiger partial charge on any atom is 0.247 e. The van der Waals surface area contributed by atoms with Gasteiger partial charge in [0.15, 0.2) is 0 Å². The summed E-state index contributed by atoms with van der Waals surface area (Å²) in [6.07, 6.45) is 2.27. The number of para-hydroxylation sites is 1. The summed E-state index contributed by atoms with van der Waals surface area (Å²) in [4.78, 5) is 33.9. The van der Waals surface area contributed by atoms with Crippen molar-refractivity contribution >= 4 is 33.4 Å². The average molecular weight is 406 g/mol. The van der Waals surface area contributed by atoms with Crippen LogP contribution in [0.5, 0.6) is 0 Å². The lowest BCUT2D eigenvalue weighted by Crippen LogP contribution is -2.45. The van der Waals surface area contributed by atoms with Gasteiger partial charge < -0.3 is 0 Å². The van der Waals surface area contributed by atoms with Crippen LogP contribution in [0.4, 0.5) is 0 Å². The molecule has 1 atom stereocenters. The van der Waals surface area contributed by atoms with Crippen LogP contribution in [0.3, 0.4) is 0 Å². The highest BCUT2D eigenvalue weighted by molar-refractivity contribution is 7.18. The lowest BCUT2D eigenvalue weighted by atomic mass is 9.96. The molecule has 0 bridgehead atoms. The maximum absolute atomic E-state index is 12.9. The summed E-state index contributed by atoms with van der Waals surface area (Å²) in [5, 5.41) is 1.20. The van der Waals surface area contributed by atoms with Crippen LogP contribution < -0.4 is 0 Å². The summed E-state index contributed by atoms with van der Waals surface area (Å²) in [6.45, 7) is 2.05. The number of thiazole rings is 1. The smallest absolute Gasteiger partial charge is 0.247 e. The van der Waals surface area contributed by atoms with Crippen molar-refractivity contribution in [1.82, 2.24) is 14.8 Å². The van der Waals surface area contributed by atoms with E-state index >= 15 is 0 Å². The Bertz CT molecular complexity index is 1010. The molecule has 6 heteroatoms. The minimum atomic E-state index is -0.303. The largest absolute Gasteiger partial charge is 0.291 e. The third-order valence-corrected chi connectivity index (χ3v) is 7.23. The quantitative estimate of drug-likeness (QED) is 0.620. The molecule has 0 saturated carbocycles. The lowest BCUT2D eigenvalue weighted by molar-refractivity contribution is -0.140. The van der Waals surface area contributed by atoms with Crippen LogP contribution in [0, 0.1) is 0 Å². The second-order valence-electron chi connectivity index (χ2n) is 7.85. The first kappa shape index (κ1) is 18.5. The fourth-order valence-corrected chi connectivity index (χ4v) is 5.54. The molecule has 3 heterocycles. The van der Waals surface area contributed by atoms with E-state index in [0.29, 0.717) is 18.9 Å². The number of carbonyl (C=O) groups excluding carboxylic acids is 2. The summed E-state index contributed by atoms with van der Waals surface area (Å²) in [7, 11) is 0. The van der Waals surface area contributed by atoms with Crippen molar-refractivity contribution in [2.75, 3.05) is 13.1 Å². The van der Waals surface area contributed by atoms with E-state index in [4.69, 9.17) is 4.98 Å². The monoisotopic (exact) mass is 405 g/mol. The standard InChI is InChI=1S/C23H23N3O2S/c27-21-14-19(23(28)26(21)15-16-6-2-1-3-7-16)25-12-10-17(11-13-25)22-24-18-8-4-5-9-20(18)29-22/h1-9,17,19H,10-15H2/t19-/m0/s1. The molecule has 2 aliphatic heterocycles. The molecule has 2 fully saturated rings. The van der Waals surface area contributed by atoms with Gasteiger partial charge in [0.2, 0.25) is 11.8 Å². The number of amides is 2. The predicted molar refractivity (Wildman–Crippen MR) is 114 cm³/mol. The molecule has 148 valence electrons. The Morgan fingerprint density at radius 1 is 0.966 bits per heavy atom. The molecule has 2 aliphatic rings. The van der Waals surface area contributed by atoms with Crippen LogP contribution in [0.1, 0.15) is 35.8 Å². The van der Waals surface area contributed by atoms with Crippen LogP contribution in [0.15, 0.2) is 54.6 Å². The Labute approximate surface area is 174 Å². The molecule has 2 aromatic carbocycles. The molecule has 2 saturated heterocycles. The zero-order chi connectivity index (χ0) is 19.8. The lowest BCUT2D eigenvalue weighted by Gasteiger charge is -2.34. The number of benzene rings is 2. The summed E-state index contributed by atoms with van der Waals surface area (Å²) in [5.41, 5.74) is 2.06. The van der Waals surface area contributed by atoms with Crippen molar-refractivity contribution < 1.29 is 9.59 Å². The van der Waals surface area contributed by atoms with E-state index in [2.05, 4.69) is 23.1 Å². The Hall–Kier alpha value is -2.57. The second kappa shape index (κ2) is 7.69. The second-order valence-corrected chi connectivity index (χ2v) is 8.92. The van der Waals surface area contributed by atoms with Crippen molar-refractivity contribution in [1.29, 1.82) is 0 Å². The molecule has 3 aromatic rings. The minimum absolute atomic E-state index is 0.0442. The van der Waals surface area contributed by atoms with Crippen molar-refractivity contribution in [3.63, 3.8) is 0 Å². The van der Waals surface area contributed by atoms with Crippen molar-refractivity contribution in [3.8, 4) is 0 Å². The van der Waals surface area contributed by atoms with Crippen molar-refractivity contribution in [2.24, 2.45) is 0 Å². The summed E-state index contributed by atoms with van der Waals surface area (Å²) in [6, 6.07) is 17.7. The van der Waals surface area contributed by atoms with Gasteiger partial charge in [-0.15, -0.1) is 11.3 Å². The van der Waals surface area contributed by atoms with Gasteiger partial charge in [-0.1, -0.05) is 42.5 Å². The van der Waals surface area contributed by atoms with Crippen LogP contribution in [0.2, 0.25) is 0 Å². The van der Waals surface area contributed by atoms with Crippen LogP contribution in [0.25, 0.3) is 10.2 Å². The van der Waals surface area contributed by atoms with Gasteiger partial charge in [0.1, 0.15) is 0 Å². The van der Waals surface area contributed by atoms with Gasteiger partial charge >= 0.3 is 0 Å². The van der Waals surface area contributed by atoms with Gasteiger partial charge in [-0.2, -0.15) is 0 Å². The number of aromatic nitrogens is 1. The van der Waals surface area contributed by atoms with Gasteiger partial charge in [-0.3, -0.25) is 19.4 Å². The summed E-state index contributed by atoms with van der Waals surface area (Å²) >= 11 is 1.78. The number of rotatable bonds is 4.